The standard InChI is InChI=1S/C9H14BrN/c1-9(2,3)7-5-8(10)11(4)6-7/h5-6H,1-4H3. The molecule has 0 aromatic carbocycles. The number of hydrogen-bond donors (Lipinski definition) is 0. The summed E-state index contributed by atoms with van der Waals surface area (Å²) in [4.78, 5) is 0. The van der Waals surface area contributed by atoms with Crippen LogP contribution in [-0.4, -0.2) is 4.57 Å². The van der Waals surface area contributed by atoms with Crippen LogP contribution >= 0.6 is 15.9 Å². The highest BCUT2D eigenvalue weighted by Gasteiger charge is 2.15. The molecule has 0 amide bonds. The number of nitrogens with zero attached hydrogens (tertiary/aromatic N) is 1. The molecule has 0 bridgehead atoms. The lowest BCUT2D eigenvalue weighted by Gasteiger charge is -2.15. The lowest BCUT2D eigenvalue weighted by molar-refractivity contribution is 0.589. The molecule has 0 atom stereocenters. The number of rotatable bonds is 0. The molecule has 2 heteroatoms. The van der Waals surface area contributed by atoms with Crippen LogP contribution in [0.15, 0.2) is 16.9 Å². The molecule has 1 nitrogen and oxygen atoms in total. The van der Waals surface area contributed by atoms with Gasteiger partial charge < -0.3 is 4.57 Å². The zero-order valence-corrected chi connectivity index (χ0v) is 9.07. The largest absolute Gasteiger partial charge is 0.345 e. The van der Waals surface area contributed by atoms with E-state index in [1.54, 1.807) is 0 Å². The molecule has 11 heavy (non-hydrogen) atoms. The summed E-state index contributed by atoms with van der Waals surface area (Å²) in [6, 6.07) is 2.17. The van der Waals surface area contributed by atoms with Crippen molar-refractivity contribution in [3.63, 3.8) is 0 Å². The molecule has 0 radical (unpaired) electrons. The normalized spacial score (nSPS) is 12.1. The summed E-state index contributed by atoms with van der Waals surface area (Å²) < 4.78 is 3.23. The third-order valence-electron chi connectivity index (χ3n) is 1.81. The molecule has 0 fully saturated rings. The average molecular weight is 216 g/mol. The van der Waals surface area contributed by atoms with Gasteiger partial charge in [-0.1, -0.05) is 20.8 Å². The topological polar surface area (TPSA) is 4.93 Å². The third kappa shape index (κ3) is 1.86. The van der Waals surface area contributed by atoms with Gasteiger partial charge in [-0.2, -0.15) is 0 Å². The van der Waals surface area contributed by atoms with Gasteiger partial charge in [-0.25, -0.2) is 0 Å². The van der Waals surface area contributed by atoms with Crippen molar-refractivity contribution >= 4 is 15.9 Å². The summed E-state index contributed by atoms with van der Waals surface area (Å²) in [6.07, 6.45) is 2.16. The van der Waals surface area contributed by atoms with Gasteiger partial charge in [0.25, 0.3) is 0 Å². The van der Waals surface area contributed by atoms with Crippen molar-refractivity contribution in [1.82, 2.24) is 4.57 Å². The zero-order chi connectivity index (χ0) is 8.65. The molecule has 0 unspecified atom stereocenters. The fourth-order valence-electron chi connectivity index (χ4n) is 0.948. The zero-order valence-electron chi connectivity index (χ0n) is 7.48. The van der Waals surface area contributed by atoms with E-state index in [0.29, 0.717) is 0 Å². The van der Waals surface area contributed by atoms with Crippen LogP contribution in [0.3, 0.4) is 0 Å². The highest BCUT2D eigenvalue weighted by Crippen LogP contribution is 2.25. The SMILES string of the molecule is Cn1cc(C(C)(C)C)cc1Br. The van der Waals surface area contributed by atoms with E-state index < -0.39 is 0 Å². The van der Waals surface area contributed by atoms with Crippen molar-refractivity contribution < 1.29 is 0 Å². The van der Waals surface area contributed by atoms with Crippen molar-refractivity contribution in [2.75, 3.05) is 0 Å². The van der Waals surface area contributed by atoms with E-state index >= 15 is 0 Å². The molecule has 1 rings (SSSR count). The summed E-state index contributed by atoms with van der Waals surface area (Å²) in [7, 11) is 2.04. The second-order valence-corrected chi connectivity index (χ2v) is 4.72. The van der Waals surface area contributed by atoms with Crippen LogP contribution in [-0.2, 0) is 12.5 Å². The van der Waals surface area contributed by atoms with Crippen molar-refractivity contribution in [1.29, 1.82) is 0 Å². The van der Waals surface area contributed by atoms with Gasteiger partial charge in [0.05, 0.1) is 4.60 Å². The van der Waals surface area contributed by atoms with E-state index in [4.69, 9.17) is 0 Å². The van der Waals surface area contributed by atoms with Gasteiger partial charge in [0.2, 0.25) is 0 Å². The Balaban J connectivity index is 3.08. The van der Waals surface area contributed by atoms with Gasteiger partial charge >= 0.3 is 0 Å². The summed E-state index contributed by atoms with van der Waals surface area (Å²) in [5.41, 5.74) is 1.62. The van der Waals surface area contributed by atoms with E-state index in [1.807, 2.05) is 7.05 Å². The second kappa shape index (κ2) is 2.67. The van der Waals surface area contributed by atoms with Gasteiger partial charge in [0.15, 0.2) is 0 Å². The Morgan fingerprint density at radius 2 is 1.91 bits per heavy atom. The van der Waals surface area contributed by atoms with E-state index in [9.17, 15) is 0 Å². The van der Waals surface area contributed by atoms with Crippen LogP contribution in [0.1, 0.15) is 26.3 Å². The fraction of sp³-hybridized carbons (Fsp3) is 0.556. The Bertz CT molecular complexity index is 236. The first-order valence-electron chi connectivity index (χ1n) is 3.73. The van der Waals surface area contributed by atoms with Gasteiger partial charge in [-0.3, -0.25) is 0 Å². The van der Waals surface area contributed by atoms with E-state index in [2.05, 4.69) is 53.5 Å². The maximum atomic E-state index is 3.47. The van der Waals surface area contributed by atoms with Crippen molar-refractivity contribution in [3.8, 4) is 0 Å². The average Bonchev–Trinajstić information content (AvgIpc) is 2.11. The molecule has 0 N–H and O–H groups in total. The first kappa shape index (κ1) is 8.85. The molecule has 1 heterocycles. The van der Waals surface area contributed by atoms with Crippen LogP contribution in [0.2, 0.25) is 0 Å². The minimum Gasteiger partial charge on any atom is -0.345 e. The quantitative estimate of drug-likeness (QED) is 0.628. The Morgan fingerprint density at radius 1 is 1.36 bits per heavy atom. The van der Waals surface area contributed by atoms with Crippen molar-refractivity contribution in [2.45, 2.75) is 26.2 Å². The Morgan fingerprint density at radius 3 is 2.09 bits per heavy atom. The molecule has 0 spiro atoms. The molecule has 62 valence electrons. The summed E-state index contributed by atoms with van der Waals surface area (Å²) in [5.74, 6) is 0. The molecule has 0 saturated heterocycles. The molecule has 0 aliphatic rings. The molecule has 0 saturated carbocycles. The predicted octanol–water partition coefficient (Wildman–Crippen LogP) is 3.09. The van der Waals surface area contributed by atoms with Crippen molar-refractivity contribution in [3.05, 3.63) is 22.4 Å². The maximum absolute atomic E-state index is 3.47. The lowest BCUT2D eigenvalue weighted by atomic mass is 9.89. The van der Waals surface area contributed by atoms with Crippen LogP contribution in [0, 0.1) is 0 Å². The first-order valence-corrected chi connectivity index (χ1v) is 4.53. The predicted molar refractivity (Wildman–Crippen MR) is 51.8 cm³/mol. The van der Waals surface area contributed by atoms with Crippen LogP contribution in [0.5, 0.6) is 0 Å². The van der Waals surface area contributed by atoms with E-state index in [-0.39, 0.29) is 5.41 Å². The van der Waals surface area contributed by atoms with Gasteiger partial charge in [0.1, 0.15) is 0 Å². The van der Waals surface area contributed by atoms with Gasteiger partial charge in [-0.05, 0) is 33.0 Å². The molecule has 1 aromatic heterocycles. The Hall–Kier alpha value is -0.240. The van der Waals surface area contributed by atoms with Gasteiger partial charge in [-0.15, -0.1) is 0 Å². The van der Waals surface area contributed by atoms with E-state index in [0.717, 1.165) is 4.60 Å². The number of aromatic nitrogens is 1. The Kier molecular flexibility index (Phi) is 2.15. The molecular weight excluding hydrogens is 202 g/mol. The number of aryl methyl sites for hydroxylation is 1. The highest BCUT2D eigenvalue weighted by molar-refractivity contribution is 9.10. The molecular formula is C9H14BrN. The fourth-order valence-corrected chi connectivity index (χ4v) is 1.30. The number of hydrogen-bond acceptors (Lipinski definition) is 0. The Labute approximate surface area is 76.5 Å². The maximum Gasteiger partial charge on any atom is 0.0846 e. The van der Waals surface area contributed by atoms with Crippen LogP contribution < -0.4 is 0 Å². The summed E-state index contributed by atoms with van der Waals surface area (Å²) in [6.45, 7) is 6.65. The molecule has 0 aliphatic carbocycles. The third-order valence-corrected chi connectivity index (χ3v) is 2.60. The lowest BCUT2D eigenvalue weighted by Crippen LogP contribution is -2.09. The highest BCUT2D eigenvalue weighted by atomic mass is 79.9. The van der Waals surface area contributed by atoms with E-state index in [1.165, 1.54) is 5.56 Å². The summed E-state index contributed by atoms with van der Waals surface area (Å²) in [5, 5.41) is 0. The minimum atomic E-state index is 0.254. The van der Waals surface area contributed by atoms with Crippen molar-refractivity contribution in [2.24, 2.45) is 7.05 Å². The molecule has 1 aromatic rings. The second-order valence-electron chi connectivity index (χ2n) is 3.91. The first-order chi connectivity index (χ1) is 4.91. The molecule has 0 aliphatic heterocycles. The number of halogens is 1. The summed E-state index contributed by atoms with van der Waals surface area (Å²) >= 11 is 3.47. The van der Waals surface area contributed by atoms with Crippen LogP contribution in [0.4, 0.5) is 0 Å². The monoisotopic (exact) mass is 215 g/mol. The minimum absolute atomic E-state index is 0.254. The van der Waals surface area contributed by atoms with Gasteiger partial charge in [0, 0.05) is 13.2 Å². The van der Waals surface area contributed by atoms with Crippen LogP contribution in [0.25, 0.3) is 0 Å². The smallest absolute Gasteiger partial charge is 0.0846 e.